The van der Waals surface area contributed by atoms with E-state index >= 15 is 0 Å². The summed E-state index contributed by atoms with van der Waals surface area (Å²) in [6.45, 7) is 4.06. The Morgan fingerprint density at radius 2 is 2.00 bits per heavy atom. The molecule has 0 aromatic carbocycles. The fraction of sp³-hybridized carbons (Fsp3) is 0.500. The van der Waals surface area contributed by atoms with Crippen LogP contribution in [0.4, 0.5) is 5.69 Å². The Morgan fingerprint density at radius 1 is 1.35 bits per heavy atom. The van der Waals surface area contributed by atoms with E-state index in [1.54, 1.807) is 0 Å². The van der Waals surface area contributed by atoms with Gasteiger partial charge < -0.3 is 16.4 Å². The number of nitrogens with two attached hydrogens (primary N) is 1. The van der Waals surface area contributed by atoms with Crippen molar-refractivity contribution in [2.24, 2.45) is 0 Å². The van der Waals surface area contributed by atoms with Gasteiger partial charge in [-0.1, -0.05) is 6.92 Å². The average molecular weight is 239 g/mol. The maximum absolute atomic E-state index is 11.7. The number of hydrogen-bond donors (Lipinski definition) is 4. The highest BCUT2D eigenvalue weighted by molar-refractivity contribution is 5.97. The van der Waals surface area contributed by atoms with Crippen molar-refractivity contribution < 1.29 is 9.59 Å². The van der Waals surface area contributed by atoms with Crippen LogP contribution in [0.2, 0.25) is 0 Å². The lowest BCUT2D eigenvalue weighted by Crippen LogP contribution is -2.34. The summed E-state index contributed by atoms with van der Waals surface area (Å²) in [6.07, 6.45) is 0.692. The first-order valence-corrected chi connectivity index (χ1v) is 5.41. The number of H-pyrrole nitrogens is 1. The summed E-state index contributed by atoms with van der Waals surface area (Å²) in [6, 6.07) is 0. The number of aromatic nitrogens is 2. The second-order valence-corrected chi connectivity index (χ2v) is 3.56. The van der Waals surface area contributed by atoms with Crippen LogP contribution in [0.5, 0.6) is 0 Å². The van der Waals surface area contributed by atoms with E-state index in [9.17, 15) is 9.59 Å². The number of amides is 2. The van der Waals surface area contributed by atoms with Gasteiger partial charge in [0.15, 0.2) is 5.69 Å². The molecule has 0 atom stereocenters. The molecule has 7 nitrogen and oxygen atoms in total. The van der Waals surface area contributed by atoms with E-state index in [4.69, 9.17) is 5.73 Å². The Bertz CT molecular complexity index is 413. The minimum absolute atomic E-state index is 0.133. The molecule has 0 unspecified atom stereocenters. The maximum atomic E-state index is 11.7. The summed E-state index contributed by atoms with van der Waals surface area (Å²) in [4.78, 5) is 22.2. The number of nitrogens with one attached hydrogen (secondary N) is 3. The molecule has 0 fully saturated rings. The predicted octanol–water partition coefficient (Wildman–Crippen LogP) is -0.580. The molecule has 0 saturated heterocycles. The highest BCUT2D eigenvalue weighted by Gasteiger charge is 2.15. The zero-order valence-corrected chi connectivity index (χ0v) is 9.96. The standard InChI is InChI=1S/C10H17N5O2/c1-3-7-8(11)9(15-14-7)10(17)13-5-4-12-6(2)16/h3-5,11H2,1-2H3,(H,12,16)(H,13,17)(H,14,15). The van der Waals surface area contributed by atoms with Gasteiger partial charge in [-0.25, -0.2) is 0 Å². The monoisotopic (exact) mass is 239 g/mol. The van der Waals surface area contributed by atoms with Crippen LogP contribution in [0.3, 0.4) is 0 Å². The Kier molecular flexibility index (Phi) is 4.50. The zero-order valence-electron chi connectivity index (χ0n) is 9.96. The van der Waals surface area contributed by atoms with Crippen molar-refractivity contribution in [1.82, 2.24) is 20.8 Å². The lowest BCUT2D eigenvalue weighted by Gasteiger charge is -2.04. The van der Waals surface area contributed by atoms with Crippen LogP contribution < -0.4 is 16.4 Å². The van der Waals surface area contributed by atoms with Crippen molar-refractivity contribution in [3.05, 3.63) is 11.4 Å². The van der Waals surface area contributed by atoms with Gasteiger partial charge in [-0.3, -0.25) is 14.7 Å². The Labute approximate surface area is 99.1 Å². The second kappa shape index (κ2) is 5.88. The van der Waals surface area contributed by atoms with Crippen molar-refractivity contribution in [3.63, 3.8) is 0 Å². The second-order valence-electron chi connectivity index (χ2n) is 3.56. The summed E-state index contributed by atoms with van der Waals surface area (Å²) >= 11 is 0. The Balaban J connectivity index is 2.47. The molecule has 1 heterocycles. The molecule has 2 amide bonds. The average Bonchev–Trinajstić information content (AvgIpc) is 2.65. The minimum Gasteiger partial charge on any atom is -0.395 e. The van der Waals surface area contributed by atoms with E-state index in [1.807, 2.05) is 6.92 Å². The summed E-state index contributed by atoms with van der Waals surface area (Å²) in [7, 11) is 0. The smallest absolute Gasteiger partial charge is 0.274 e. The van der Waals surface area contributed by atoms with E-state index < -0.39 is 0 Å². The molecule has 0 spiro atoms. The first kappa shape index (κ1) is 13.0. The molecule has 0 aliphatic carbocycles. The van der Waals surface area contributed by atoms with E-state index in [2.05, 4.69) is 20.8 Å². The number of nitrogen functional groups attached to an aromatic ring is 1. The molecule has 1 rings (SSSR count). The third-order valence-corrected chi connectivity index (χ3v) is 2.24. The van der Waals surface area contributed by atoms with Gasteiger partial charge in [0, 0.05) is 20.0 Å². The fourth-order valence-corrected chi connectivity index (χ4v) is 1.33. The van der Waals surface area contributed by atoms with Crippen LogP contribution in [0.1, 0.15) is 30.0 Å². The number of carbonyl (C=O) groups excluding carboxylic acids is 2. The SMILES string of the molecule is CCc1[nH]nc(C(=O)NCCNC(C)=O)c1N. The summed E-state index contributed by atoms with van der Waals surface area (Å²) < 4.78 is 0. The van der Waals surface area contributed by atoms with Crippen molar-refractivity contribution in [1.29, 1.82) is 0 Å². The minimum atomic E-state index is -0.344. The number of aryl methyl sites for hydroxylation is 1. The van der Waals surface area contributed by atoms with Gasteiger partial charge in [-0.15, -0.1) is 0 Å². The molecule has 1 aromatic heterocycles. The van der Waals surface area contributed by atoms with E-state index in [-0.39, 0.29) is 17.5 Å². The number of nitrogens with zero attached hydrogens (tertiary/aromatic N) is 1. The first-order valence-electron chi connectivity index (χ1n) is 5.41. The van der Waals surface area contributed by atoms with E-state index in [0.717, 1.165) is 5.69 Å². The van der Waals surface area contributed by atoms with Crippen LogP contribution in [-0.2, 0) is 11.2 Å². The molecule has 1 aromatic rings. The predicted molar refractivity (Wildman–Crippen MR) is 63.4 cm³/mol. The van der Waals surface area contributed by atoms with Gasteiger partial charge in [0.2, 0.25) is 5.91 Å². The lowest BCUT2D eigenvalue weighted by molar-refractivity contribution is -0.118. The van der Waals surface area contributed by atoms with Crippen LogP contribution in [0, 0.1) is 0 Å². The number of rotatable bonds is 5. The van der Waals surface area contributed by atoms with Crippen LogP contribution >= 0.6 is 0 Å². The Morgan fingerprint density at radius 3 is 2.53 bits per heavy atom. The molecule has 7 heteroatoms. The van der Waals surface area contributed by atoms with Crippen LogP contribution in [0.25, 0.3) is 0 Å². The molecular formula is C10H17N5O2. The largest absolute Gasteiger partial charge is 0.395 e. The highest BCUT2D eigenvalue weighted by Crippen LogP contribution is 2.13. The van der Waals surface area contributed by atoms with Gasteiger partial charge in [0.05, 0.1) is 11.4 Å². The molecule has 0 saturated carbocycles. The van der Waals surface area contributed by atoms with Gasteiger partial charge >= 0.3 is 0 Å². The summed E-state index contributed by atoms with van der Waals surface area (Å²) in [5.41, 5.74) is 7.07. The summed E-state index contributed by atoms with van der Waals surface area (Å²) in [5, 5.41) is 11.7. The Hall–Kier alpha value is -2.05. The number of aromatic amines is 1. The molecule has 0 aliphatic heterocycles. The van der Waals surface area contributed by atoms with Gasteiger partial charge in [0.25, 0.3) is 5.91 Å². The highest BCUT2D eigenvalue weighted by atomic mass is 16.2. The van der Waals surface area contributed by atoms with Crippen molar-refractivity contribution >= 4 is 17.5 Å². The van der Waals surface area contributed by atoms with Gasteiger partial charge in [-0.05, 0) is 6.42 Å². The lowest BCUT2D eigenvalue weighted by atomic mass is 10.2. The van der Waals surface area contributed by atoms with Crippen molar-refractivity contribution in [3.8, 4) is 0 Å². The van der Waals surface area contributed by atoms with Gasteiger partial charge in [-0.2, -0.15) is 5.10 Å². The van der Waals surface area contributed by atoms with E-state index in [1.165, 1.54) is 6.92 Å². The van der Waals surface area contributed by atoms with Crippen molar-refractivity contribution in [2.45, 2.75) is 20.3 Å². The molecular weight excluding hydrogens is 222 g/mol. The number of anilines is 1. The third-order valence-electron chi connectivity index (χ3n) is 2.24. The fourth-order valence-electron chi connectivity index (χ4n) is 1.33. The van der Waals surface area contributed by atoms with Gasteiger partial charge in [0.1, 0.15) is 0 Å². The molecule has 0 bridgehead atoms. The van der Waals surface area contributed by atoms with Crippen LogP contribution in [-0.4, -0.2) is 35.1 Å². The topological polar surface area (TPSA) is 113 Å². The summed E-state index contributed by atoms with van der Waals surface area (Å²) in [5.74, 6) is -0.476. The molecule has 17 heavy (non-hydrogen) atoms. The van der Waals surface area contributed by atoms with Crippen LogP contribution in [0.15, 0.2) is 0 Å². The van der Waals surface area contributed by atoms with Crippen molar-refractivity contribution in [2.75, 3.05) is 18.8 Å². The number of carbonyl (C=O) groups is 2. The third kappa shape index (κ3) is 3.47. The number of hydrogen-bond acceptors (Lipinski definition) is 4. The maximum Gasteiger partial charge on any atom is 0.274 e. The quantitative estimate of drug-likeness (QED) is 0.515. The molecule has 0 radical (unpaired) electrons. The normalized spacial score (nSPS) is 10.0. The molecule has 94 valence electrons. The first-order chi connectivity index (χ1) is 8.06. The molecule has 5 N–H and O–H groups in total. The zero-order chi connectivity index (χ0) is 12.8. The molecule has 0 aliphatic rings. The van der Waals surface area contributed by atoms with E-state index in [0.29, 0.717) is 25.2 Å².